The van der Waals surface area contributed by atoms with Crippen LogP contribution in [-0.2, 0) is 0 Å². The Balaban J connectivity index is 0.000000126. The van der Waals surface area contributed by atoms with Crippen LogP contribution in [0.2, 0.25) is 0 Å². The molecule has 0 saturated heterocycles. The Kier molecular flexibility index (Phi) is 3.69. The van der Waals surface area contributed by atoms with E-state index in [-0.39, 0.29) is 0 Å². The number of hydrogen-bond acceptors (Lipinski definition) is 4. The first kappa shape index (κ1) is 13.4. The lowest BCUT2D eigenvalue weighted by Crippen LogP contribution is -1.92. The summed E-state index contributed by atoms with van der Waals surface area (Å²) in [6.45, 7) is 4.44. The van der Waals surface area contributed by atoms with Crippen molar-refractivity contribution in [2.24, 2.45) is 0 Å². The van der Waals surface area contributed by atoms with Gasteiger partial charge in [0, 0.05) is 12.4 Å². The van der Waals surface area contributed by atoms with Crippen LogP contribution in [0.3, 0.4) is 0 Å². The topological polar surface area (TPSA) is 44.2 Å². The smallest absolute Gasteiger partial charge is 0.231 e. The van der Waals surface area contributed by atoms with Crippen LogP contribution >= 0.6 is 0 Å². The average molecular weight is 280 g/mol. The molecule has 106 valence electrons. The molecule has 0 saturated carbocycles. The fourth-order valence-electron chi connectivity index (χ4n) is 2.08. The van der Waals surface area contributed by atoms with Crippen LogP contribution in [0.4, 0.5) is 0 Å². The van der Waals surface area contributed by atoms with Crippen molar-refractivity contribution < 1.29 is 9.47 Å². The molecule has 4 nitrogen and oxygen atoms in total. The van der Waals surface area contributed by atoms with Gasteiger partial charge in [-0.05, 0) is 49.2 Å². The van der Waals surface area contributed by atoms with Gasteiger partial charge in [0.1, 0.15) is 0 Å². The predicted molar refractivity (Wildman–Crippen MR) is 81.6 cm³/mol. The Morgan fingerprint density at radius 3 is 2.29 bits per heavy atom. The SMILES string of the molecule is Cc1ccc2c(c1)OCO2.Cc1ccc2nccnc2c1. The molecule has 1 aliphatic rings. The molecular weight excluding hydrogens is 264 g/mol. The summed E-state index contributed by atoms with van der Waals surface area (Å²) in [7, 11) is 0. The van der Waals surface area contributed by atoms with Gasteiger partial charge in [-0.2, -0.15) is 0 Å². The second-order valence-electron chi connectivity index (χ2n) is 4.91. The summed E-state index contributed by atoms with van der Waals surface area (Å²) in [5.74, 6) is 1.71. The molecule has 3 aromatic rings. The molecule has 0 unspecified atom stereocenters. The Bertz CT molecular complexity index is 772. The lowest BCUT2D eigenvalue weighted by molar-refractivity contribution is 0.174. The van der Waals surface area contributed by atoms with E-state index in [0.717, 1.165) is 22.5 Å². The van der Waals surface area contributed by atoms with Crippen molar-refractivity contribution in [2.45, 2.75) is 13.8 Å². The molecule has 0 aliphatic carbocycles. The van der Waals surface area contributed by atoms with Crippen molar-refractivity contribution in [2.75, 3.05) is 6.79 Å². The summed E-state index contributed by atoms with van der Waals surface area (Å²) in [6, 6.07) is 12.0. The lowest BCUT2D eigenvalue weighted by Gasteiger charge is -1.95. The number of nitrogens with zero attached hydrogens (tertiary/aromatic N) is 2. The first-order valence-electron chi connectivity index (χ1n) is 6.76. The molecule has 1 aromatic heterocycles. The third-order valence-corrected chi connectivity index (χ3v) is 3.15. The van der Waals surface area contributed by atoms with Gasteiger partial charge in [0.25, 0.3) is 0 Å². The number of benzene rings is 2. The fraction of sp³-hybridized carbons (Fsp3) is 0.176. The van der Waals surface area contributed by atoms with E-state index in [0.29, 0.717) is 6.79 Å². The summed E-state index contributed by atoms with van der Waals surface area (Å²) in [5, 5.41) is 0. The van der Waals surface area contributed by atoms with Gasteiger partial charge < -0.3 is 9.47 Å². The number of hydrogen-bond donors (Lipinski definition) is 0. The van der Waals surface area contributed by atoms with E-state index in [1.807, 2.05) is 50.2 Å². The van der Waals surface area contributed by atoms with Gasteiger partial charge in [-0.3, -0.25) is 9.97 Å². The van der Waals surface area contributed by atoms with E-state index in [1.54, 1.807) is 12.4 Å². The van der Waals surface area contributed by atoms with Crippen LogP contribution in [0.15, 0.2) is 48.8 Å². The van der Waals surface area contributed by atoms with E-state index in [2.05, 4.69) is 9.97 Å². The maximum absolute atomic E-state index is 5.16. The van der Waals surface area contributed by atoms with Gasteiger partial charge >= 0.3 is 0 Å². The van der Waals surface area contributed by atoms with Crippen LogP contribution in [0.5, 0.6) is 11.5 Å². The zero-order valence-corrected chi connectivity index (χ0v) is 12.0. The van der Waals surface area contributed by atoms with Crippen molar-refractivity contribution in [3.8, 4) is 11.5 Å². The number of ether oxygens (including phenoxy) is 2. The Labute approximate surface area is 123 Å². The summed E-state index contributed by atoms with van der Waals surface area (Å²) >= 11 is 0. The molecule has 0 bridgehead atoms. The highest BCUT2D eigenvalue weighted by molar-refractivity contribution is 5.74. The van der Waals surface area contributed by atoms with Gasteiger partial charge in [-0.1, -0.05) is 12.1 Å². The van der Waals surface area contributed by atoms with E-state index >= 15 is 0 Å². The molecule has 0 fully saturated rings. The molecule has 0 atom stereocenters. The zero-order chi connectivity index (χ0) is 14.7. The molecule has 4 heteroatoms. The minimum atomic E-state index is 0.360. The standard InChI is InChI=1S/C9H8N2.C8H8O2/c1-7-2-3-8-9(6-7)11-5-4-10-8;1-6-2-3-7-8(4-6)10-5-9-7/h2-6H,1H3;2-4H,5H2,1H3. The zero-order valence-electron chi connectivity index (χ0n) is 12.0. The monoisotopic (exact) mass is 280 g/mol. The molecule has 0 amide bonds. The van der Waals surface area contributed by atoms with Crippen molar-refractivity contribution in [1.29, 1.82) is 0 Å². The fourth-order valence-corrected chi connectivity index (χ4v) is 2.08. The molecule has 21 heavy (non-hydrogen) atoms. The summed E-state index contributed by atoms with van der Waals surface area (Å²) < 4.78 is 10.3. The predicted octanol–water partition coefficient (Wildman–Crippen LogP) is 3.66. The van der Waals surface area contributed by atoms with Crippen LogP contribution in [0, 0.1) is 13.8 Å². The van der Waals surface area contributed by atoms with Gasteiger partial charge in [0.05, 0.1) is 11.0 Å². The van der Waals surface area contributed by atoms with Crippen molar-refractivity contribution in [1.82, 2.24) is 9.97 Å². The Morgan fingerprint density at radius 2 is 1.43 bits per heavy atom. The van der Waals surface area contributed by atoms with Gasteiger partial charge in [-0.15, -0.1) is 0 Å². The quantitative estimate of drug-likeness (QED) is 0.630. The molecule has 2 aromatic carbocycles. The van der Waals surface area contributed by atoms with Gasteiger partial charge in [0.15, 0.2) is 11.5 Å². The first-order chi connectivity index (χ1) is 10.2. The van der Waals surface area contributed by atoms with E-state index in [1.165, 1.54) is 11.1 Å². The van der Waals surface area contributed by atoms with Crippen LogP contribution in [0.25, 0.3) is 11.0 Å². The average Bonchev–Trinajstić information content (AvgIpc) is 2.95. The Morgan fingerprint density at radius 1 is 0.762 bits per heavy atom. The molecule has 4 rings (SSSR count). The second-order valence-corrected chi connectivity index (χ2v) is 4.91. The summed E-state index contributed by atoms with van der Waals surface area (Å²) in [5.41, 5.74) is 4.34. The van der Waals surface area contributed by atoms with Crippen LogP contribution < -0.4 is 9.47 Å². The van der Waals surface area contributed by atoms with Gasteiger partial charge in [-0.25, -0.2) is 0 Å². The molecule has 0 spiro atoms. The van der Waals surface area contributed by atoms with Crippen molar-refractivity contribution in [3.63, 3.8) is 0 Å². The highest BCUT2D eigenvalue weighted by Crippen LogP contribution is 2.31. The summed E-state index contributed by atoms with van der Waals surface area (Å²) in [4.78, 5) is 8.34. The van der Waals surface area contributed by atoms with Crippen molar-refractivity contribution >= 4 is 11.0 Å². The largest absolute Gasteiger partial charge is 0.454 e. The number of aromatic nitrogens is 2. The highest BCUT2D eigenvalue weighted by Gasteiger charge is 2.11. The molecule has 0 N–H and O–H groups in total. The Hall–Kier alpha value is -2.62. The maximum Gasteiger partial charge on any atom is 0.231 e. The van der Waals surface area contributed by atoms with E-state index < -0.39 is 0 Å². The number of rotatable bonds is 0. The van der Waals surface area contributed by atoms with Gasteiger partial charge in [0.2, 0.25) is 6.79 Å². The molecule has 2 heterocycles. The van der Waals surface area contributed by atoms with E-state index in [9.17, 15) is 0 Å². The third-order valence-electron chi connectivity index (χ3n) is 3.15. The number of aryl methyl sites for hydroxylation is 2. The molecular formula is C17H16N2O2. The summed E-state index contributed by atoms with van der Waals surface area (Å²) in [6.07, 6.45) is 3.42. The highest BCUT2D eigenvalue weighted by atomic mass is 16.7. The first-order valence-corrected chi connectivity index (χ1v) is 6.76. The number of fused-ring (bicyclic) bond motifs is 2. The van der Waals surface area contributed by atoms with E-state index in [4.69, 9.17) is 9.47 Å². The third kappa shape index (κ3) is 3.11. The van der Waals surface area contributed by atoms with Crippen molar-refractivity contribution in [3.05, 3.63) is 59.9 Å². The van der Waals surface area contributed by atoms with Crippen LogP contribution in [0.1, 0.15) is 11.1 Å². The minimum Gasteiger partial charge on any atom is -0.454 e. The normalized spacial score (nSPS) is 11.9. The molecule has 1 aliphatic heterocycles. The minimum absolute atomic E-state index is 0.360. The second kappa shape index (κ2) is 5.79. The van der Waals surface area contributed by atoms with Crippen LogP contribution in [-0.4, -0.2) is 16.8 Å². The maximum atomic E-state index is 5.16. The lowest BCUT2D eigenvalue weighted by atomic mass is 10.2. The molecule has 0 radical (unpaired) electrons.